The second-order valence-electron chi connectivity index (χ2n) is 5.44. The minimum Gasteiger partial charge on any atom is -0.310 e. The van der Waals surface area contributed by atoms with Crippen LogP contribution in [0.1, 0.15) is 64.5 Å². The van der Waals surface area contributed by atoms with Gasteiger partial charge in [0, 0.05) is 6.04 Å². The Balaban J connectivity index is 2.78. The van der Waals surface area contributed by atoms with Crippen molar-refractivity contribution >= 4 is 23.2 Å². The highest BCUT2D eigenvalue weighted by Crippen LogP contribution is 2.30. The second kappa shape index (κ2) is 9.65. The maximum Gasteiger partial charge on any atom is 0.0595 e. The van der Waals surface area contributed by atoms with Gasteiger partial charge in [0.15, 0.2) is 0 Å². The molecule has 2 atom stereocenters. The van der Waals surface area contributed by atoms with Gasteiger partial charge in [0.25, 0.3) is 0 Å². The number of nitrogens with one attached hydrogen (secondary N) is 1. The molecule has 20 heavy (non-hydrogen) atoms. The van der Waals surface area contributed by atoms with E-state index in [2.05, 4.69) is 32.2 Å². The zero-order valence-electron chi connectivity index (χ0n) is 12.9. The van der Waals surface area contributed by atoms with E-state index in [1.807, 2.05) is 12.1 Å². The van der Waals surface area contributed by atoms with Gasteiger partial charge in [0.05, 0.1) is 10.0 Å². The van der Waals surface area contributed by atoms with E-state index in [-0.39, 0.29) is 0 Å². The Hall–Kier alpha value is -0.240. The molecule has 1 aromatic rings. The topological polar surface area (TPSA) is 12.0 Å². The normalized spacial score (nSPS) is 14.2. The van der Waals surface area contributed by atoms with E-state index in [9.17, 15) is 0 Å². The third-order valence-electron chi connectivity index (χ3n) is 3.91. The third-order valence-corrected chi connectivity index (χ3v) is 4.65. The zero-order chi connectivity index (χ0) is 15.0. The first-order valence-electron chi connectivity index (χ1n) is 7.80. The van der Waals surface area contributed by atoms with Crippen LogP contribution in [0.2, 0.25) is 10.0 Å². The largest absolute Gasteiger partial charge is 0.310 e. The van der Waals surface area contributed by atoms with E-state index in [1.54, 1.807) is 0 Å². The highest BCUT2D eigenvalue weighted by Gasteiger charge is 2.17. The summed E-state index contributed by atoms with van der Waals surface area (Å²) in [5.41, 5.74) is 1.25. The van der Waals surface area contributed by atoms with Gasteiger partial charge in [-0.25, -0.2) is 0 Å². The van der Waals surface area contributed by atoms with Gasteiger partial charge in [-0.05, 0) is 36.6 Å². The molecule has 0 aromatic heterocycles. The van der Waals surface area contributed by atoms with E-state index < -0.39 is 0 Å². The summed E-state index contributed by atoms with van der Waals surface area (Å²) in [4.78, 5) is 0. The Morgan fingerprint density at radius 1 is 1.10 bits per heavy atom. The maximum atomic E-state index is 6.15. The first kappa shape index (κ1) is 17.8. The molecule has 0 fully saturated rings. The molecule has 3 heteroatoms. The molecule has 0 aliphatic carbocycles. The average Bonchev–Trinajstić information content (AvgIpc) is 2.45. The fourth-order valence-electron chi connectivity index (χ4n) is 2.63. The van der Waals surface area contributed by atoms with Gasteiger partial charge in [0.2, 0.25) is 0 Å². The van der Waals surface area contributed by atoms with Crippen LogP contribution in [0.3, 0.4) is 0 Å². The van der Waals surface area contributed by atoms with E-state index in [0.717, 1.165) is 12.5 Å². The predicted octanol–water partition coefficient (Wildman–Crippen LogP) is 6.25. The molecule has 0 spiro atoms. The molecule has 1 N–H and O–H groups in total. The van der Waals surface area contributed by atoms with E-state index in [1.165, 1.54) is 37.7 Å². The fraction of sp³-hybridized carbons (Fsp3) is 0.647. The van der Waals surface area contributed by atoms with Crippen LogP contribution >= 0.6 is 23.2 Å². The number of hydrogen-bond acceptors (Lipinski definition) is 1. The summed E-state index contributed by atoms with van der Waals surface area (Å²) in [5.74, 6) is 0.772. The lowest BCUT2D eigenvalue weighted by atomic mass is 9.89. The SMILES string of the molecule is CCCCC(CC)CC(NCC)c1ccc(Cl)c(Cl)c1. The molecule has 1 aromatic carbocycles. The van der Waals surface area contributed by atoms with Crippen molar-refractivity contribution in [2.75, 3.05) is 6.54 Å². The van der Waals surface area contributed by atoms with Crippen LogP contribution in [0.15, 0.2) is 18.2 Å². The van der Waals surface area contributed by atoms with Gasteiger partial charge in [-0.3, -0.25) is 0 Å². The van der Waals surface area contributed by atoms with Crippen molar-refractivity contribution in [3.8, 4) is 0 Å². The van der Waals surface area contributed by atoms with Crippen molar-refractivity contribution in [3.05, 3.63) is 33.8 Å². The van der Waals surface area contributed by atoms with Crippen molar-refractivity contribution in [1.82, 2.24) is 5.32 Å². The number of halogens is 2. The van der Waals surface area contributed by atoms with Gasteiger partial charge < -0.3 is 5.32 Å². The number of unbranched alkanes of at least 4 members (excludes halogenated alkanes) is 1. The Morgan fingerprint density at radius 3 is 2.40 bits per heavy atom. The van der Waals surface area contributed by atoms with Crippen LogP contribution in [0.5, 0.6) is 0 Å². The van der Waals surface area contributed by atoms with Crippen molar-refractivity contribution in [1.29, 1.82) is 0 Å². The molecule has 1 rings (SSSR count). The molecule has 0 aliphatic heterocycles. The standard InChI is InChI=1S/C17H27Cl2N/c1-4-7-8-13(5-2)11-17(20-6-3)14-9-10-15(18)16(19)12-14/h9-10,12-13,17,20H,4-8,11H2,1-3H3. The van der Waals surface area contributed by atoms with Crippen molar-refractivity contribution in [2.24, 2.45) is 5.92 Å². The summed E-state index contributed by atoms with van der Waals surface area (Å²) in [5, 5.41) is 4.86. The van der Waals surface area contributed by atoms with Gasteiger partial charge in [-0.2, -0.15) is 0 Å². The highest BCUT2D eigenvalue weighted by molar-refractivity contribution is 6.42. The van der Waals surface area contributed by atoms with Crippen molar-refractivity contribution in [2.45, 2.75) is 58.9 Å². The predicted molar refractivity (Wildman–Crippen MR) is 90.8 cm³/mol. The van der Waals surface area contributed by atoms with Crippen LogP contribution in [0, 0.1) is 5.92 Å². The maximum absolute atomic E-state index is 6.15. The molecular weight excluding hydrogens is 289 g/mol. The summed E-state index contributed by atoms with van der Waals surface area (Å²) >= 11 is 12.2. The zero-order valence-corrected chi connectivity index (χ0v) is 14.4. The summed E-state index contributed by atoms with van der Waals surface area (Å²) in [6.45, 7) is 7.66. The number of benzene rings is 1. The quantitative estimate of drug-likeness (QED) is 0.567. The summed E-state index contributed by atoms with van der Waals surface area (Å²) < 4.78 is 0. The van der Waals surface area contributed by atoms with E-state index >= 15 is 0 Å². The van der Waals surface area contributed by atoms with Crippen LogP contribution in [0.4, 0.5) is 0 Å². The Labute approximate surface area is 134 Å². The van der Waals surface area contributed by atoms with Gasteiger partial charge in [-0.15, -0.1) is 0 Å². The Morgan fingerprint density at radius 2 is 1.85 bits per heavy atom. The average molecular weight is 316 g/mol. The lowest BCUT2D eigenvalue weighted by molar-refractivity contribution is 0.357. The molecule has 2 unspecified atom stereocenters. The molecule has 0 saturated heterocycles. The number of hydrogen-bond donors (Lipinski definition) is 1. The molecular formula is C17H27Cl2N. The lowest BCUT2D eigenvalue weighted by Gasteiger charge is -2.24. The molecule has 0 bridgehead atoms. The minimum atomic E-state index is 0.372. The molecule has 1 nitrogen and oxygen atoms in total. The summed E-state index contributed by atoms with van der Waals surface area (Å²) in [7, 11) is 0. The van der Waals surface area contributed by atoms with Crippen molar-refractivity contribution in [3.63, 3.8) is 0 Å². The van der Waals surface area contributed by atoms with Gasteiger partial charge >= 0.3 is 0 Å². The van der Waals surface area contributed by atoms with Crippen LogP contribution < -0.4 is 5.32 Å². The molecule has 0 amide bonds. The minimum absolute atomic E-state index is 0.372. The number of rotatable bonds is 9. The molecule has 0 aliphatic rings. The Kier molecular flexibility index (Phi) is 8.60. The summed E-state index contributed by atoms with van der Waals surface area (Å²) in [6.07, 6.45) is 6.32. The third kappa shape index (κ3) is 5.63. The van der Waals surface area contributed by atoms with Gasteiger partial charge in [-0.1, -0.05) is 75.7 Å². The summed E-state index contributed by atoms with van der Waals surface area (Å²) in [6, 6.07) is 6.37. The van der Waals surface area contributed by atoms with E-state index in [4.69, 9.17) is 23.2 Å². The second-order valence-corrected chi connectivity index (χ2v) is 6.25. The Bertz CT molecular complexity index is 393. The lowest BCUT2D eigenvalue weighted by Crippen LogP contribution is -2.23. The highest BCUT2D eigenvalue weighted by atomic mass is 35.5. The van der Waals surface area contributed by atoms with Crippen LogP contribution in [0.25, 0.3) is 0 Å². The first-order chi connectivity index (χ1) is 9.62. The fourth-order valence-corrected chi connectivity index (χ4v) is 2.93. The van der Waals surface area contributed by atoms with Crippen LogP contribution in [-0.4, -0.2) is 6.54 Å². The van der Waals surface area contributed by atoms with Gasteiger partial charge in [0.1, 0.15) is 0 Å². The molecule has 0 heterocycles. The molecule has 0 radical (unpaired) electrons. The molecule has 114 valence electrons. The smallest absolute Gasteiger partial charge is 0.0595 e. The van der Waals surface area contributed by atoms with E-state index in [0.29, 0.717) is 16.1 Å². The monoisotopic (exact) mass is 315 g/mol. The van der Waals surface area contributed by atoms with Crippen molar-refractivity contribution < 1.29 is 0 Å². The van der Waals surface area contributed by atoms with Crippen LogP contribution in [-0.2, 0) is 0 Å². The first-order valence-corrected chi connectivity index (χ1v) is 8.56. The molecule has 0 saturated carbocycles.